The second kappa shape index (κ2) is 22.2. The van der Waals surface area contributed by atoms with Crippen LogP contribution in [0, 0.1) is 0 Å². The summed E-state index contributed by atoms with van der Waals surface area (Å²) < 4.78 is 51.3. The lowest BCUT2D eigenvalue weighted by Crippen LogP contribution is -2.71. The van der Waals surface area contributed by atoms with E-state index in [1.807, 2.05) is 0 Å². The molecule has 5 aliphatic rings. The quantitative estimate of drug-likeness (QED) is 0.0725. The fraction of sp³-hybridized carbons (Fsp3) is 0.943. The molecule has 26 atom stereocenters. The fourth-order valence-corrected chi connectivity index (χ4v) is 7.99. The summed E-state index contributed by atoms with van der Waals surface area (Å²) in [6.07, 6.45) is -44.0. The number of hydrogen-bond donors (Lipinski definition) is 17. The molecule has 5 heterocycles. The second-order valence-electron chi connectivity index (χ2n) is 15.9. The van der Waals surface area contributed by atoms with E-state index in [1.54, 1.807) is 0 Å². The van der Waals surface area contributed by atoms with Crippen molar-refractivity contribution >= 4 is 11.8 Å². The van der Waals surface area contributed by atoms with E-state index in [0.29, 0.717) is 0 Å². The highest BCUT2D eigenvalue weighted by atomic mass is 16.8. The van der Waals surface area contributed by atoms with Crippen molar-refractivity contribution in [1.29, 1.82) is 0 Å². The fourth-order valence-electron chi connectivity index (χ4n) is 7.99. The lowest BCUT2D eigenvalue weighted by molar-refractivity contribution is -0.379. The van der Waals surface area contributed by atoms with Crippen molar-refractivity contribution in [2.45, 2.75) is 180 Å². The summed E-state index contributed by atoms with van der Waals surface area (Å²) in [7, 11) is 0. The second-order valence-corrected chi connectivity index (χ2v) is 15.9. The van der Waals surface area contributed by atoms with Gasteiger partial charge in [-0.2, -0.15) is 0 Å². The van der Waals surface area contributed by atoms with Gasteiger partial charge in [-0.25, -0.2) is 0 Å². The van der Waals surface area contributed by atoms with E-state index < -0.39 is 198 Å². The Labute approximate surface area is 357 Å². The van der Waals surface area contributed by atoms with Gasteiger partial charge in [0.2, 0.25) is 11.8 Å². The molecule has 366 valence electrons. The Morgan fingerprint density at radius 3 is 1.38 bits per heavy atom. The molecule has 0 aromatic rings. The highest BCUT2D eigenvalue weighted by molar-refractivity contribution is 5.73. The normalized spacial score (nSPS) is 48.9. The minimum atomic E-state index is -2.09. The zero-order valence-electron chi connectivity index (χ0n) is 34.0. The summed E-state index contributed by atoms with van der Waals surface area (Å²) in [5, 5.41) is 163. The Balaban J connectivity index is 1.44. The molecule has 0 unspecified atom stereocenters. The topological polar surface area (TPSA) is 445 Å². The van der Waals surface area contributed by atoms with Gasteiger partial charge in [0, 0.05) is 13.8 Å². The van der Waals surface area contributed by atoms with E-state index >= 15 is 0 Å². The number of nitrogens with one attached hydrogen (secondary N) is 2. The molecular weight excluding hydrogens is 864 g/mol. The van der Waals surface area contributed by atoms with E-state index in [2.05, 4.69) is 10.6 Å². The van der Waals surface area contributed by atoms with Gasteiger partial charge in [-0.15, -0.1) is 0 Å². The first kappa shape index (κ1) is 52.0. The van der Waals surface area contributed by atoms with Crippen LogP contribution in [-0.4, -0.2) is 274 Å². The van der Waals surface area contributed by atoms with Crippen LogP contribution in [0.1, 0.15) is 20.8 Å². The standard InChI is InChI=1S/C35H60N2O26/c1-8-17(45)29(25(53)35(55-8)63-30-23(51)26(11(44)4-38)59-31(54)24(30)52)62-33-15(36-9(2)42)27(19(47)13(6-40)57-33)60-32-16(37-10(3)43)28(20(48)14(7-41)56-32)61-34-22(50)21(49)18(46)12(5-39)58-34/h8,11-35,38-41,44-54H,4-7H2,1-3H3,(H,36,42)(H,37,43)/t8-,11-,12+,13+,14+,15+,16+,17-,18+,19-,20-,21-,22+,23+,24-,25+,26+,27+,28+,29+,30-,31-,32+,33-,34-,35-/m0/s1. The van der Waals surface area contributed by atoms with Crippen molar-refractivity contribution in [2.24, 2.45) is 0 Å². The van der Waals surface area contributed by atoms with E-state index in [-0.39, 0.29) is 0 Å². The number of amides is 2. The Morgan fingerprint density at radius 1 is 0.492 bits per heavy atom. The molecule has 0 aromatic carbocycles. The minimum Gasteiger partial charge on any atom is -0.394 e. The molecule has 0 aliphatic carbocycles. The molecule has 5 saturated heterocycles. The number of carbonyl (C=O) groups excluding carboxylic acids is 2. The van der Waals surface area contributed by atoms with Gasteiger partial charge in [0.15, 0.2) is 31.5 Å². The number of hydrogen-bond acceptors (Lipinski definition) is 26. The van der Waals surface area contributed by atoms with E-state index in [9.17, 15) is 86.2 Å². The number of aliphatic hydroxyl groups excluding tert-OH is 15. The van der Waals surface area contributed by atoms with Gasteiger partial charge in [0.1, 0.15) is 122 Å². The van der Waals surface area contributed by atoms with E-state index in [0.717, 1.165) is 13.8 Å². The van der Waals surface area contributed by atoms with E-state index in [4.69, 9.17) is 42.6 Å². The summed E-state index contributed by atoms with van der Waals surface area (Å²) in [6, 6.07) is -3.39. The van der Waals surface area contributed by atoms with Crippen LogP contribution in [0.2, 0.25) is 0 Å². The molecule has 0 aromatic heterocycles. The predicted molar refractivity (Wildman–Crippen MR) is 194 cm³/mol. The number of rotatable bonds is 15. The minimum absolute atomic E-state index is 0.807. The Kier molecular flexibility index (Phi) is 18.3. The monoisotopic (exact) mass is 924 g/mol. The van der Waals surface area contributed by atoms with Crippen LogP contribution in [0.3, 0.4) is 0 Å². The number of carbonyl (C=O) groups is 2. The summed E-state index contributed by atoms with van der Waals surface area (Å²) >= 11 is 0. The Bertz CT molecular complexity index is 1470. The number of ether oxygens (including phenoxy) is 9. The summed E-state index contributed by atoms with van der Waals surface area (Å²) in [6.45, 7) is -0.369. The maximum atomic E-state index is 12.7. The molecule has 0 radical (unpaired) electrons. The summed E-state index contributed by atoms with van der Waals surface area (Å²) in [4.78, 5) is 25.3. The maximum absolute atomic E-state index is 12.7. The van der Waals surface area contributed by atoms with Crippen molar-refractivity contribution in [1.82, 2.24) is 10.6 Å². The third kappa shape index (κ3) is 11.2. The molecular formula is C35H60N2O26. The van der Waals surface area contributed by atoms with Crippen LogP contribution in [0.25, 0.3) is 0 Å². The SMILES string of the molecule is CC(=O)N[C@H]1[C@@H](O[C@H]2[C@@H](O)[C@@H](CO)O[C@@H](O[C@@H]3[C@@H](O)[C@H](C)O[C@@H](O[C@H]4[C@H](O)[C@@H]([C@@H](O)CO)O[C@H](O)[C@H]4O)[C@@H]3O)[C@@H]2NC(C)=O)O[C@H](CO)[C@H](O)[C@@H]1O[C@@H]1O[C@H](CO)[C@@H](O)[C@H](O)[C@H]1O. The third-order valence-electron chi connectivity index (χ3n) is 11.4. The molecule has 63 heavy (non-hydrogen) atoms. The first-order valence-corrected chi connectivity index (χ1v) is 20.0. The van der Waals surface area contributed by atoms with Crippen LogP contribution < -0.4 is 10.6 Å². The highest BCUT2D eigenvalue weighted by Crippen LogP contribution is 2.36. The summed E-state index contributed by atoms with van der Waals surface area (Å²) in [5.74, 6) is -1.63. The van der Waals surface area contributed by atoms with Gasteiger partial charge in [0.25, 0.3) is 0 Å². The molecule has 0 saturated carbocycles. The van der Waals surface area contributed by atoms with Crippen LogP contribution >= 0.6 is 0 Å². The molecule has 2 amide bonds. The van der Waals surface area contributed by atoms with Crippen molar-refractivity contribution in [3.05, 3.63) is 0 Å². The van der Waals surface area contributed by atoms with Gasteiger partial charge >= 0.3 is 0 Å². The third-order valence-corrected chi connectivity index (χ3v) is 11.4. The van der Waals surface area contributed by atoms with Crippen LogP contribution in [0.15, 0.2) is 0 Å². The average molecular weight is 925 g/mol. The van der Waals surface area contributed by atoms with Gasteiger partial charge in [0.05, 0.1) is 32.5 Å². The largest absolute Gasteiger partial charge is 0.394 e. The molecule has 5 fully saturated rings. The van der Waals surface area contributed by atoms with Crippen molar-refractivity contribution in [3.63, 3.8) is 0 Å². The van der Waals surface area contributed by atoms with E-state index in [1.165, 1.54) is 6.92 Å². The van der Waals surface area contributed by atoms with Crippen molar-refractivity contribution in [3.8, 4) is 0 Å². The van der Waals surface area contributed by atoms with Crippen LogP contribution in [0.5, 0.6) is 0 Å². The molecule has 5 aliphatic heterocycles. The molecule has 0 spiro atoms. The first-order chi connectivity index (χ1) is 29.7. The Hall–Kier alpha value is -2.02. The molecule has 28 heteroatoms. The molecule has 5 rings (SSSR count). The lowest BCUT2D eigenvalue weighted by atomic mass is 9.93. The highest BCUT2D eigenvalue weighted by Gasteiger charge is 2.57. The van der Waals surface area contributed by atoms with Crippen LogP contribution in [0.4, 0.5) is 0 Å². The van der Waals surface area contributed by atoms with Crippen LogP contribution in [-0.2, 0) is 52.2 Å². The first-order valence-electron chi connectivity index (χ1n) is 20.0. The lowest BCUT2D eigenvalue weighted by Gasteiger charge is -2.51. The van der Waals surface area contributed by atoms with Crippen molar-refractivity contribution in [2.75, 3.05) is 26.4 Å². The molecule has 17 N–H and O–H groups in total. The van der Waals surface area contributed by atoms with Gasteiger partial charge < -0.3 is 130 Å². The average Bonchev–Trinajstić information content (AvgIpc) is 3.24. The number of aliphatic hydroxyl groups is 15. The zero-order chi connectivity index (χ0) is 46.8. The summed E-state index contributed by atoms with van der Waals surface area (Å²) in [5.41, 5.74) is 0. The Morgan fingerprint density at radius 2 is 0.905 bits per heavy atom. The van der Waals surface area contributed by atoms with Gasteiger partial charge in [-0.05, 0) is 6.92 Å². The van der Waals surface area contributed by atoms with Crippen molar-refractivity contribution < 1.29 is 129 Å². The maximum Gasteiger partial charge on any atom is 0.217 e. The predicted octanol–water partition coefficient (Wildman–Crippen LogP) is -11.2. The zero-order valence-corrected chi connectivity index (χ0v) is 34.0. The molecule has 0 bridgehead atoms. The van der Waals surface area contributed by atoms with Gasteiger partial charge in [-0.1, -0.05) is 0 Å². The van der Waals surface area contributed by atoms with Gasteiger partial charge in [-0.3, -0.25) is 9.59 Å². The molecule has 28 nitrogen and oxygen atoms in total. The smallest absolute Gasteiger partial charge is 0.217 e.